The van der Waals surface area contributed by atoms with Gasteiger partial charge in [-0.1, -0.05) is 26.8 Å². The van der Waals surface area contributed by atoms with Crippen LogP contribution in [0.1, 0.15) is 66.2 Å². The summed E-state index contributed by atoms with van der Waals surface area (Å²) in [5.41, 5.74) is -2.35. The van der Waals surface area contributed by atoms with Gasteiger partial charge in [-0.05, 0) is 80.9 Å². The highest BCUT2D eigenvalue weighted by molar-refractivity contribution is 6.01. The maximum atomic E-state index is 15.4. The zero-order chi connectivity index (χ0) is 25.1. The number of hydrogen-bond acceptors (Lipinski definition) is 6. The van der Waals surface area contributed by atoms with E-state index in [0.717, 1.165) is 0 Å². The van der Waals surface area contributed by atoms with Crippen molar-refractivity contribution < 1.29 is 33.7 Å². The molecule has 0 spiro atoms. The molecule has 0 radical (unpaired) electrons. The van der Waals surface area contributed by atoms with Crippen molar-refractivity contribution in [2.45, 2.75) is 84.1 Å². The van der Waals surface area contributed by atoms with Gasteiger partial charge in [0, 0.05) is 10.8 Å². The van der Waals surface area contributed by atoms with Crippen LogP contribution in [0.25, 0.3) is 0 Å². The van der Waals surface area contributed by atoms with Gasteiger partial charge in [0.15, 0.2) is 12.4 Å². The van der Waals surface area contributed by atoms with E-state index in [9.17, 15) is 24.6 Å². The molecule has 7 heteroatoms. The Labute approximate surface area is 200 Å². The minimum absolute atomic E-state index is 0.0159. The minimum Gasteiger partial charge on any atom is -0.457 e. The summed E-state index contributed by atoms with van der Waals surface area (Å²) >= 11 is 0. The van der Waals surface area contributed by atoms with Crippen molar-refractivity contribution in [2.75, 3.05) is 6.61 Å². The largest absolute Gasteiger partial charge is 0.457 e. The van der Waals surface area contributed by atoms with Gasteiger partial charge in [-0.25, -0.2) is 4.39 Å². The van der Waals surface area contributed by atoms with Crippen LogP contribution in [0, 0.1) is 34.5 Å². The lowest BCUT2D eigenvalue weighted by Crippen LogP contribution is -2.59. The smallest absolute Gasteiger partial charge is 0.311 e. The maximum Gasteiger partial charge on any atom is 0.311 e. The first kappa shape index (κ1) is 25.2. The number of fused-ring (bicyclic) bond motifs is 5. The molecular formula is C27H37FO6. The number of ether oxygens (including phenoxy) is 1. The second kappa shape index (κ2) is 8.66. The fourth-order valence-electron chi connectivity index (χ4n) is 7.57. The summed E-state index contributed by atoms with van der Waals surface area (Å²) in [6.07, 6.45) is 5.62. The Hall–Kier alpha value is -1.86. The number of halogens is 1. The van der Waals surface area contributed by atoms with E-state index in [2.05, 4.69) is 0 Å². The van der Waals surface area contributed by atoms with Crippen LogP contribution < -0.4 is 0 Å². The van der Waals surface area contributed by atoms with E-state index in [-0.39, 0.29) is 30.0 Å². The monoisotopic (exact) mass is 476 g/mol. The Balaban J connectivity index is 1.53. The van der Waals surface area contributed by atoms with Crippen LogP contribution in [0.3, 0.4) is 0 Å². The standard InChI is InChI=1S/C27H37FO6/c1-5-22(30)15(2)24(32)34-14-23(31)27(33)11-8-19-17-13-21(28)20-12-16(29)6-9-25(20,3)18(17)7-10-26(19,27)4/h6,9,12,15,17-19,21-22,30,33H,5,7-8,10-11,13-14H2,1-4H3/t15?,17-,18+,19+,21+,22?,25-,26+,27+/m1/s1. The highest BCUT2D eigenvalue weighted by atomic mass is 19.1. The molecular weight excluding hydrogens is 439 g/mol. The molecule has 0 aliphatic heterocycles. The zero-order valence-electron chi connectivity index (χ0n) is 20.6. The predicted octanol–water partition coefficient (Wildman–Crippen LogP) is 3.49. The van der Waals surface area contributed by atoms with Gasteiger partial charge < -0.3 is 14.9 Å². The van der Waals surface area contributed by atoms with Crippen LogP contribution in [-0.4, -0.2) is 52.2 Å². The Kier molecular flexibility index (Phi) is 6.43. The van der Waals surface area contributed by atoms with Gasteiger partial charge >= 0.3 is 5.97 Å². The van der Waals surface area contributed by atoms with E-state index in [1.807, 2.05) is 19.9 Å². The first-order chi connectivity index (χ1) is 15.9. The number of allylic oxidation sites excluding steroid dienone is 4. The van der Waals surface area contributed by atoms with Crippen molar-refractivity contribution >= 4 is 17.5 Å². The van der Waals surface area contributed by atoms with E-state index in [0.29, 0.717) is 37.7 Å². The third-order valence-corrected chi connectivity index (χ3v) is 9.86. The van der Waals surface area contributed by atoms with Crippen LogP contribution >= 0.6 is 0 Å². The number of aliphatic hydroxyl groups is 2. The molecule has 0 amide bonds. The quantitative estimate of drug-likeness (QED) is 0.569. The minimum atomic E-state index is -1.64. The molecule has 3 fully saturated rings. The fraction of sp³-hybridized carbons (Fsp3) is 0.741. The summed E-state index contributed by atoms with van der Waals surface area (Å²) < 4.78 is 20.6. The van der Waals surface area contributed by atoms with Crippen molar-refractivity contribution in [1.29, 1.82) is 0 Å². The number of aliphatic hydroxyl groups excluding tert-OH is 1. The first-order valence-corrected chi connectivity index (χ1v) is 12.6. The summed E-state index contributed by atoms with van der Waals surface area (Å²) in [4.78, 5) is 37.4. The van der Waals surface area contributed by atoms with E-state index in [4.69, 9.17) is 4.74 Å². The van der Waals surface area contributed by atoms with Crippen molar-refractivity contribution in [3.8, 4) is 0 Å². The molecule has 0 heterocycles. The SMILES string of the molecule is CCC(O)C(C)C(=O)OCC(=O)[C@@]1(O)CC[C@H]2[C@@H]3C[C@H](F)C4=CC(=O)C=C[C@]4(C)[C@H]3CC[C@@]21C. The molecule has 4 aliphatic carbocycles. The number of esters is 1. The normalized spacial score (nSPS) is 42.7. The highest BCUT2D eigenvalue weighted by Gasteiger charge is 2.67. The average Bonchev–Trinajstić information content (AvgIpc) is 3.09. The van der Waals surface area contributed by atoms with Crippen LogP contribution in [0.15, 0.2) is 23.8 Å². The summed E-state index contributed by atoms with van der Waals surface area (Å²) in [7, 11) is 0. The number of rotatable bonds is 6. The molecule has 3 saturated carbocycles. The molecule has 0 aromatic carbocycles. The summed E-state index contributed by atoms with van der Waals surface area (Å²) in [5.74, 6) is -2.03. The van der Waals surface area contributed by atoms with Crippen molar-refractivity contribution in [3.05, 3.63) is 23.8 Å². The molecule has 4 rings (SSSR count). The topological polar surface area (TPSA) is 101 Å². The molecule has 2 N–H and O–H groups in total. The maximum absolute atomic E-state index is 15.4. The van der Waals surface area contributed by atoms with E-state index < -0.39 is 53.0 Å². The van der Waals surface area contributed by atoms with E-state index in [1.54, 1.807) is 13.8 Å². The third-order valence-electron chi connectivity index (χ3n) is 9.86. The average molecular weight is 477 g/mol. The van der Waals surface area contributed by atoms with Crippen LogP contribution in [-0.2, 0) is 19.1 Å². The fourth-order valence-corrected chi connectivity index (χ4v) is 7.57. The Morgan fingerprint density at radius 1 is 1.24 bits per heavy atom. The third kappa shape index (κ3) is 3.62. The van der Waals surface area contributed by atoms with Crippen molar-refractivity contribution in [3.63, 3.8) is 0 Å². The summed E-state index contributed by atoms with van der Waals surface area (Å²) in [5, 5.41) is 21.5. The molecule has 0 aromatic heterocycles. The van der Waals surface area contributed by atoms with Gasteiger partial charge in [0.2, 0.25) is 5.78 Å². The van der Waals surface area contributed by atoms with E-state index >= 15 is 4.39 Å². The molecule has 0 saturated heterocycles. The molecule has 0 aromatic rings. The van der Waals surface area contributed by atoms with Gasteiger partial charge in [-0.15, -0.1) is 0 Å². The lowest BCUT2D eigenvalue weighted by Gasteiger charge is -2.58. The lowest BCUT2D eigenvalue weighted by molar-refractivity contribution is -0.172. The first-order valence-electron chi connectivity index (χ1n) is 12.6. The number of ketones is 2. The molecule has 6 nitrogen and oxygen atoms in total. The molecule has 188 valence electrons. The van der Waals surface area contributed by atoms with Gasteiger partial charge in [0.05, 0.1) is 12.0 Å². The number of carbonyl (C=O) groups is 3. The summed E-state index contributed by atoms with van der Waals surface area (Å²) in [6, 6.07) is 0. The Bertz CT molecular complexity index is 941. The van der Waals surface area contributed by atoms with E-state index in [1.165, 1.54) is 12.2 Å². The Morgan fingerprint density at radius 3 is 2.59 bits per heavy atom. The van der Waals surface area contributed by atoms with Crippen LogP contribution in [0.4, 0.5) is 4.39 Å². The number of alkyl halides is 1. The van der Waals surface area contributed by atoms with Crippen LogP contribution in [0.5, 0.6) is 0 Å². The molecule has 2 unspecified atom stereocenters. The van der Waals surface area contributed by atoms with Crippen molar-refractivity contribution in [1.82, 2.24) is 0 Å². The number of carbonyl (C=O) groups excluding carboxylic acids is 3. The van der Waals surface area contributed by atoms with Gasteiger partial charge in [-0.2, -0.15) is 0 Å². The molecule has 0 bridgehead atoms. The number of Topliss-reactive ketones (excluding diaryl/α,β-unsaturated/α-hetero) is 1. The lowest BCUT2D eigenvalue weighted by atomic mass is 9.47. The van der Waals surface area contributed by atoms with Crippen molar-refractivity contribution in [2.24, 2.45) is 34.5 Å². The molecule has 4 aliphatic rings. The molecule has 9 atom stereocenters. The van der Waals surface area contributed by atoms with Gasteiger partial charge in [-0.3, -0.25) is 14.4 Å². The van der Waals surface area contributed by atoms with Gasteiger partial charge in [0.1, 0.15) is 11.8 Å². The molecule has 34 heavy (non-hydrogen) atoms. The zero-order valence-corrected chi connectivity index (χ0v) is 20.6. The number of hydrogen-bond donors (Lipinski definition) is 2. The van der Waals surface area contributed by atoms with Crippen LogP contribution in [0.2, 0.25) is 0 Å². The van der Waals surface area contributed by atoms with Gasteiger partial charge in [0.25, 0.3) is 0 Å². The predicted molar refractivity (Wildman–Crippen MR) is 123 cm³/mol. The summed E-state index contributed by atoms with van der Waals surface area (Å²) in [6.45, 7) is 6.70. The highest BCUT2D eigenvalue weighted by Crippen LogP contribution is 2.67. The second-order valence-electron chi connectivity index (χ2n) is 11.3. The Morgan fingerprint density at radius 2 is 1.91 bits per heavy atom. The second-order valence-corrected chi connectivity index (χ2v) is 11.3.